The standard InChI is InChI=1S/C16H28N2O/c1-3-6-16(19)14-8-11-18(13-14)12-9-15-7-4-5-10-17(15)2/h8,11,13,15-16,19H,3-7,9-10,12H2,1-2H3. The molecule has 108 valence electrons. The highest BCUT2D eigenvalue weighted by Gasteiger charge is 2.18. The fourth-order valence-electron chi connectivity index (χ4n) is 3.04. The molecule has 1 fully saturated rings. The largest absolute Gasteiger partial charge is 0.388 e. The first-order chi connectivity index (χ1) is 9.20. The lowest BCUT2D eigenvalue weighted by molar-refractivity contribution is 0.165. The van der Waals surface area contributed by atoms with Gasteiger partial charge in [-0.1, -0.05) is 19.8 Å². The van der Waals surface area contributed by atoms with Crippen LogP contribution in [0, 0.1) is 0 Å². The quantitative estimate of drug-likeness (QED) is 0.854. The number of nitrogens with zero attached hydrogens (tertiary/aromatic N) is 2. The molecule has 0 bridgehead atoms. The molecule has 2 rings (SSSR count). The Morgan fingerprint density at radius 2 is 2.26 bits per heavy atom. The fourth-order valence-corrected chi connectivity index (χ4v) is 3.04. The molecule has 3 heteroatoms. The predicted molar refractivity (Wildman–Crippen MR) is 79.2 cm³/mol. The first-order valence-corrected chi connectivity index (χ1v) is 7.74. The van der Waals surface area contributed by atoms with Crippen molar-refractivity contribution in [2.75, 3.05) is 13.6 Å². The highest BCUT2D eigenvalue weighted by Crippen LogP contribution is 2.21. The summed E-state index contributed by atoms with van der Waals surface area (Å²) in [5.74, 6) is 0. The highest BCUT2D eigenvalue weighted by molar-refractivity contribution is 5.13. The average Bonchev–Trinajstić information content (AvgIpc) is 2.87. The van der Waals surface area contributed by atoms with Gasteiger partial charge in [0.25, 0.3) is 0 Å². The van der Waals surface area contributed by atoms with Gasteiger partial charge >= 0.3 is 0 Å². The van der Waals surface area contributed by atoms with Gasteiger partial charge in [-0.25, -0.2) is 0 Å². The minimum absolute atomic E-state index is 0.288. The monoisotopic (exact) mass is 264 g/mol. The second-order valence-electron chi connectivity index (χ2n) is 5.91. The Morgan fingerprint density at radius 3 is 3.00 bits per heavy atom. The second kappa shape index (κ2) is 7.11. The van der Waals surface area contributed by atoms with Crippen LogP contribution in [0.25, 0.3) is 0 Å². The molecule has 19 heavy (non-hydrogen) atoms. The maximum atomic E-state index is 9.97. The molecule has 2 unspecified atom stereocenters. The molecule has 1 aliphatic heterocycles. The van der Waals surface area contributed by atoms with Crippen molar-refractivity contribution in [1.29, 1.82) is 0 Å². The van der Waals surface area contributed by atoms with Crippen LogP contribution in [0.3, 0.4) is 0 Å². The van der Waals surface area contributed by atoms with Crippen LogP contribution in [0.4, 0.5) is 0 Å². The van der Waals surface area contributed by atoms with Gasteiger partial charge in [-0.05, 0) is 50.9 Å². The van der Waals surface area contributed by atoms with Gasteiger partial charge in [-0.2, -0.15) is 0 Å². The molecule has 1 aromatic rings. The second-order valence-corrected chi connectivity index (χ2v) is 5.91. The molecular formula is C16H28N2O. The van der Waals surface area contributed by atoms with E-state index in [1.165, 1.54) is 32.2 Å². The molecule has 3 nitrogen and oxygen atoms in total. The first-order valence-electron chi connectivity index (χ1n) is 7.74. The summed E-state index contributed by atoms with van der Waals surface area (Å²) in [5.41, 5.74) is 1.07. The van der Waals surface area contributed by atoms with E-state index in [1.807, 2.05) is 0 Å². The average molecular weight is 264 g/mol. The van der Waals surface area contributed by atoms with Crippen molar-refractivity contribution in [3.63, 3.8) is 0 Å². The van der Waals surface area contributed by atoms with Gasteiger partial charge < -0.3 is 14.6 Å². The molecule has 1 saturated heterocycles. The summed E-state index contributed by atoms with van der Waals surface area (Å²) in [4.78, 5) is 2.50. The summed E-state index contributed by atoms with van der Waals surface area (Å²) in [6.45, 7) is 4.42. The van der Waals surface area contributed by atoms with E-state index in [0.717, 1.165) is 31.0 Å². The molecule has 1 aromatic heterocycles. The minimum atomic E-state index is -0.288. The van der Waals surface area contributed by atoms with E-state index in [0.29, 0.717) is 0 Å². The van der Waals surface area contributed by atoms with Gasteiger partial charge in [0.1, 0.15) is 0 Å². The Bertz CT molecular complexity index is 375. The number of aromatic nitrogens is 1. The number of likely N-dealkylation sites (tertiary alicyclic amines) is 1. The number of hydrogen-bond donors (Lipinski definition) is 1. The van der Waals surface area contributed by atoms with Crippen LogP contribution in [0.1, 0.15) is 57.1 Å². The first kappa shape index (κ1) is 14.6. The summed E-state index contributed by atoms with van der Waals surface area (Å²) < 4.78 is 2.23. The Labute approximate surface area is 117 Å². The molecule has 0 radical (unpaired) electrons. The molecule has 0 spiro atoms. The normalized spacial score (nSPS) is 22.6. The third kappa shape index (κ3) is 4.08. The van der Waals surface area contributed by atoms with Crippen molar-refractivity contribution >= 4 is 0 Å². The number of hydrogen-bond acceptors (Lipinski definition) is 2. The molecule has 0 saturated carbocycles. The molecule has 0 aliphatic carbocycles. The van der Waals surface area contributed by atoms with Crippen LogP contribution in [0.15, 0.2) is 18.5 Å². The molecule has 1 aliphatic rings. The summed E-state index contributed by atoms with van der Waals surface area (Å²) in [5, 5.41) is 9.97. The van der Waals surface area contributed by atoms with Crippen molar-refractivity contribution in [2.45, 2.75) is 64.1 Å². The van der Waals surface area contributed by atoms with E-state index in [-0.39, 0.29) is 6.10 Å². The molecule has 1 N–H and O–H groups in total. The summed E-state index contributed by atoms with van der Waals surface area (Å²) in [7, 11) is 2.25. The summed E-state index contributed by atoms with van der Waals surface area (Å²) in [6, 6.07) is 2.80. The van der Waals surface area contributed by atoms with Gasteiger partial charge in [0.05, 0.1) is 6.10 Å². The Hall–Kier alpha value is -0.800. The van der Waals surface area contributed by atoms with Crippen LogP contribution in [0.5, 0.6) is 0 Å². The topological polar surface area (TPSA) is 28.4 Å². The Morgan fingerprint density at radius 1 is 1.42 bits per heavy atom. The van der Waals surface area contributed by atoms with Crippen LogP contribution in [-0.2, 0) is 6.54 Å². The van der Waals surface area contributed by atoms with Gasteiger partial charge in [0, 0.05) is 25.0 Å². The van der Waals surface area contributed by atoms with E-state index in [9.17, 15) is 5.11 Å². The molecular weight excluding hydrogens is 236 g/mol. The van der Waals surface area contributed by atoms with E-state index in [4.69, 9.17) is 0 Å². The Kier molecular flexibility index (Phi) is 5.46. The lowest BCUT2D eigenvalue weighted by Gasteiger charge is -2.32. The van der Waals surface area contributed by atoms with Crippen molar-refractivity contribution in [3.05, 3.63) is 24.0 Å². The van der Waals surface area contributed by atoms with Gasteiger partial charge in [0.2, 0.25) is 0 Å². The zero-order valence-corrected chi connectivity index (χ0v) is 12.4. The smallest absolute Gasteiger partial charge is 0.0804 e. The number of piperidine rings is 1. The maximum absolute atomic E-state index is 9.97. The minimum Gasteiger partial charge on any atom is -0.388 e. The van der Waals surface area contributed by atoms with Crippen LogP contribution in [-0.4, -0.2) is 34.2 Å². The van der Waals surface area contributed by atoms with Crippen LogP contribution < -0.4 is 0 Å². The molecule has 0 aromatic carbocycles. The van der Waals surface area contributed by atoms with E-state index < -0.39 is 0 Å². The molecule has 2 atom stereocenters. The van der Waals surface area contributed by atoms with E-state index in [1.54, 1.807) is 0 Å². The summed E-state index contributed by atoms with van der Waals surface area (Å²) in [6.07, 6.45) is 11.1. The zero-order valence-electron chi connectivity index (χ0n) is 12.4. The van der Waals surface area contributed by atoms with Crippen molar-refractivity contribution in [3.8, 4) is 0 Å². The van der Waals surface area contributed by atoms with Gasteiger partial charge in [-0.3, -0.25) is 0 Å². The number of aryl methyl sites for hydroxylation is 1. The zero-order chi connectivity index (χ0) is 13.7. The van der Waals surface area contributed by atoms with Crippen LogP contribution >= 0.6 is 0 Å². The summed E-state index contributed by atoms with van der Waals surface area (Å²) >= 11 is 0. The predicted octanol–water partition coefficient (Wildman–Crippen LogP) is 3.20. The van der Waals surface area contributed by atoms with Gasteiger partial charge in [-0.15, -0.1) is 0 Å². The third-order valence-corrected chi connectivity index (χ3v) is 4.36. The SMILES string of the molecule is CCCC(O)c1ccn(CCC2CCCCN2C)c1. The lowest BCUT2D eigenvalue weighted by atomic mass is 10.0. The molecule has 0 amide bonds. The van der Waals surface area contributed by atoms with Crippen molar-refractivity contribution in [2.24, 2.45) is 0 Å². The highest BCUT2D eigenvalue weighted by atomic mass is 16.3. The number of rotatable bonds is 6. The Balaban J connectivity index is 1.82. The fraction of sp³-hybridized carbons (Fsp3) is 0.750. The van der Waals surface area contributed by atoms with E-state index in [2.05, 4.69) is 41.9 Å². The van der Waals surface area contributed by atoms with Crippen molar-refractivity contribution < 1.29 is 5.11 Å². The number of aliphatic hydroxyl groups is 1. The van der Waals surface area contributed by atoms with Gasteiger partial charge in [0.15, 0.2) is 0 Å². The molecule has 2 heterocycles. The lowest BCUT2D eigenvalue weighted by Crippen LogP contribution is -2.36. The number of aliphatic hydroxyl groups excluding tert-OH is 1. The maximum Gasteiger partial charge on any atom is 0.0804 e. The van der Waals surface area contributed by atoms with Crippen LogP contribution in [0.2, 0.25) is 0 Å². The van der Waals surface area contributed by atoms with Crippen molar-refractivity contribution in [1.82, 2.24) is 9.47 Å². The van der Waals surface area contributed by atoms with E-state index >= 15 is 0 Å². The third-order valence-electron chi connectivity index (χ3n) is 4.36.